The summed E-state index contributed by atoms with van der Waals surface area (Å²) in [5.41, 5.74) is 5.16. The Morgan fingerprint density at radius 2 is 1.85 bits per heavy atom. The molecule has 1 aromatic heterocycles. The van der Waals surface area contributed by atoms with Gasteiger partial charge in [-0.25, -0.2) is 19.4 Å². The maximum absolute atomic E-state index is 14.5. The fourth-order valence-corrected chi connectivity index (χ4v) is 6.94. The van der Waals surface area contributed by atoms with Gasteiger partial charge >= 0.3 is 0 Å². The maximum atomic E-state index is 14.5. The van der Waals surface area contributed by atoms with Crippen molar-refractivity contribution in [1.82, 2.24) is 24.8 Å². The SMILES string of the molecule is C#Cc1ccc(CCC(=O)N2[C@H]3CN(Cc4ccc(F)c5scnc45)C(=O)[C@H](Cc4ccc(O)cc4)N3C(=O)CN2CC=C)cc1. The molecule has 0 bridgehead atoms. The highest BCUT2D eigenvalue weighted by Gasteiger charge is 2.51. The molecule has 4 aromatic rings. The van der Waals surface area contributed by atoms with Gasteiger partial charge in [-0.2, -0.15) is 0 Å². The maximum Gasteiger partial charge on any atom is 0.246 e. The first-order chi connectivity index (χ1) is 22.3. The summed E-state index contributed by atoms with van der Waals surface area (Å²) in [6.07, 6.45) is 7.13. The molecule has 234 valence electrons. The molecular formula is C35H32FN5O4S. The van der Waals surface area contributed by atoms with Crippen molar-refractivity contribution in [3.05, 3.63) is 107 Å². The zero-order valence-electron chi connectivity index (χ0n) is 25.0. The third-order valence-corrected chi connectivity index (χ3v) is 9.25. The summed E-state index contributed by atoms with van der Waals surface area (Å²) >= 11 is 1.19. The number of fused-ring (bicyclic) bond motifs is 2. The van der Waals surface area contributed by atoms with E-state index in [1.807, 2.05) is 24.3 Å². The largest absolute Gasteiger partial charge is 0.508 e. The lowest BCUT2D eigenvalue weighted by atomic mass is 9.98. The number of hydrazine groups is 1. The minimum Gasteiger partial charge on any atom is -0.508 e. The molecule has 2 saturated heterocycles. The molecule has 3 aromatic carbocycles. The summed E-state index contributed by atoms with van der Waals surface area (Å²) in [4.78, 5) is 49.6. The van der Waals surface area contributed by atoms with E-state index in [1.165, 1.54) is 34.4 Å². The van der Waals surface area contributed by atoms with E-state index in [0.29, 0.717) is 22.2 Å². The third-order valence-electron chi connectivity index (χ3n) is 8.42. The van der Waals surface area contributed by atoms with E-state index in [9.17, 15) is 23.9 Å². The normalized spacial score (nSPS) is 18.5. The number of terminal acetylenes is 1. The number of halogens is 1. The number of amides is 3. The Hall–Kier alpha value is -5.05. The quantitative estimate of drug-likeness (QED) is 0.219. The molecule has 0 aliphatic carbocycles. The number of carbonyl (C=O) groups is 3. The van der Waals surface area contributed by atoms with E-state index >= 15 is 0 Å². The summed E-state index contributed by atoms with van der Waals surface area (Å²) in [5, 5.41) is 13.1. The van der Waals surface area contributed by atoms with Crippen LogP contribution in [-0.2, 0) is 33.8 Å². The number of phenolic OH excluding ortho intramolecular Hbond substituents is 1. The number of benzene rings is 3. The van der Waals surface area contributed by atoms with Crippen molar-refractivity contribution in [2.75, 3.05) is 19.6 Å². The van der Waals surface area contributed by atoms with E-state index in [-0.39, 0.29) is 68.3 Å². The van der Waals surface area contributed by atoms with Gasteiger partial charge in [-0.15, -0.1) is 24.3 Å². The average molecular weight is 638 g/mol. The van der Waals surface area contributed by atoms with Gasteiger partial charge in [0, 0.05) is 31.5 Å². The van der Waals surface area contributed by atoms with Crippen LogP contribution in [0, 0.1) is 18.2 Å². The number of hydrogen-bond donors (Lipinski definition) is 1. The van der Waals surface area contributed by atoms with E-state index < -0.39 is 12.2 Å². The van der Waals surface area contributed by atoms with Gasteiger partial charge in [0.2, 0.25) is 17.7 Å². The Balaban J connectivity index is 1.35. The molecule has 0 unspecified atom stereocenters. The Bertz CT molecular complexity index is 1830. The molecule has 2 fully saturated rings. The number of phenols is 1. The highest BCUT2D eigenvalue weighted by Crippen LogP contribution is 2.32. The van der Waals surface area contributed by atoms with Crippen LogP contribution in [0.4, 0.5) is 4.39 Å². The van der Waals surface area contributed by atoms with Crippen LogP contribution in [0.2, 0.25) is 0 Å². The predicted molar refractivity (Wildman–Crippen MR) is 173 cm³/mol. The van der Waals surface area contributed by atoms with Gasteiger partial charge in [0.25, 0.3) is 0 Å². The van der Waals surface area contributed by atoms with Gasteiger partial charge in [-0.05, 0) is 53.4 Å². The molecule has 2 atom stereocenters. The summed E-state index contributed by atoms with van der Waals surface area (Å²) in [7, 11) is 0. The highest BCUT2D eigenvalue weighted by molar-refractivity contribution is 7.16. The second-order valence-electron chi connectivity index (χ2n) is 11.3. The number of rotatable bonds is 9. The van der Waals surface area contributed by atoms with Crippen LogP contribution in [0.15, 0.2) is 78.8 Å². The molecule has 6 rings (SSSR count). The summed E-state index contributed by atoms with van der Waals surface area (Å²) in [6, 6.07) is 16.0. The van der Waals surface area contributed by atoms with Crippen molar-refractivity contribution in [2.45, 2.75) is 38.0 Å². The fourth-order valence-electron chi connectivity index (χ4n) is 6.20. The van der Waals surface area contributed by atoms with Crippen LogP contribution < -0.4 is 0 Å². The monoisotopic (exact) mass is 637 g/mol. The summed E-state index contributed by atoms with van der Waals surface area (Å²) in [6.45, 7) is 4.17. The number of hydrogen-bond acceptors (Lipinski definition) is 7. The number of nitrogens with zero attached hydrogens (tertiary/aromatic N) is 5. The van der Waals surface area contributed by atoms with Crippen LogP contribution in [0.3, 0.4) is 0 Å². The van der Waals surface area contributed by atoms with Crippen molar-refractivity contribution in [3.8, 4) is 18.1 Å². The van der Waals surface area contributed by atoms with Crippen LogP contribution >= 0.6 is 11.3 Å². The van der Waals surface area contributed by atoms with E-state index in [1.54, 1.807) is 44.7 Å². The Morgan fingerprint density at radius 1 is 1.11 bits per heavy atom. The zero-order valence-corrected chi connectivity index (χ0v) is 25.8. The number of aromatic hydroxyl groups is 1. The molecule has 0 spiro atoms. The van der Waals surface area contributed by atoms with Crippen molar-refractivity contribution in [3.63, 3.8) is 0 Å². The molecule has 2 aliphatic rings. The third kappa shape index (κ3) is 6.09. The highest BCUT2D eigenvalue weighted by atomic mass is 32.1. The van der Waals surface area contributed by atoms with E-state index in [0.717, 1.165) is 16.7 Å². The molecule has 46 heavy (non-hydrogen) atoms. The molecule has 3 heterocycles. The Kier molecular flexibility index (Phi) is 8.83. The lowest BCUT2D eigenvalue weighted by Gasteiger charge is -2.55. The van der Waals surface area contributed by atoms with Crippen molar-refractivity contribution in [2.24, 2.45) is 0 Å². The second-order valence-corrected chi connectivity index (χ2v) is 12.2. The molecule has 2 aliphatic heterocycles. The van der Waals surface area contributed by atoms with Gasteiger partial charge in [0.15, 0.2) is 0 Å². The van der Waals surface area contributed by atoms with Crippen molar-refractivity contribution < 1.29 is 23.9 Å². The number of piperazine rings is 1. The van der Waals surface area contributed by atoms with E-state index in [2.05, 4.69) is 17.5 Å². The molecule has 3 amide bonds. The van der Waals surface area contributed by atoms with E-state index in [4.69, 9.17) is 6.42 Å². The van der Waals surface area contributed by atoms with Gasteiger partial charge in [-0.1, -0.05) is 42.3 Å². The Morgan fingerprint density at radius 3 is 2.57 bits per heavy atom. The first-order valence-corrected chi connectivity index (χ1v) is 15.8. The van der Waals surface area contributed by atoms with Gasteiger partial charge in [0.1, 0.15) is 23.8 Å². The first-order valence-electron chi connectivity index (χ1n) is 14.9. The van der Waals surface area contributed by atoms with Gasteiger partial charge in [0.05, 0.1) is 28.8 Å². The minimum atomic E-state index is -0.917. The van der Waals surface area contributed by atoms with Gasteiger partial charge in [-0.3, -0.25) is 14.4 Å². The molecule has 9 nitrogen and oxygen atoms in total. The molecule has 1 N–H and O–H groups in total. The molecule has 0 radical (unpaired) electrons. The first kappa shape index (κ1) is 31.0. The predicted octanol–water partition coefficient (Wildman–Crippen LogP) is 4.11. The lowest BCUT2D eigenvalue weighted by molar-refractivity contribution is -0.205. The molecular weight excluding hydrogens is 605 g/mol. The lowest BCUT2D eigenvalue weighted by Crippen LogP contribution is -2.75. The molecule has 0 saturated carbocycles. The van der Waals surface area contributed by atoms with Crippen LogP contribution in [0.25, 0.3) is 10.2 Å². The standard InChI is InChI=1S/C35H32FN5O4S/c1-3-17-39-21-32(44)40-29(18-25-9-13-27(42)14-10-25)35(45)38(19-26-12-15-28(36)34-33(26)37-22-46-34)20-30(40)41(39)31(43)16-11-24-7-5-23(4-2)6-8-24/h2-3,5-10,12-15,22,29-30,42H,1,11,16-21H2/t29-,30-/m0/s1. The molecule has 11 heteroatoms. The zero-order chi connectivity index (χ0) is 32.4. The average Bonchev–Trinajstić information content (AvgIpc) is 3.56. The number of thiazole rings is 1. The Labute approximate surface area is 270 Å². The topological polar surface area (TPSA) is 97.3 Å². The van der Waals surface area contributed by atoms with Crippen LogP contribution in [0.5, 0.6) is 5.75 Å². The van der Waals surface area contributed by atoms with Crippen molar-refractivity contribution in [1.29, 1.82) is 0 Å². The number of aromatic nitrogens is 1. The summed E-state index contributed by atoms with van der Waals surface area (Å²) in [5.74, 6) is 1.53. The number of carbonyl (C=O) groups excluding carboxylic acids is 3. The summed E-state index contributed by atoms with van der Waals surface area (Å²) < 4.78 is 14.9. The second kappa shape index (κ2) is 13.1. The fraction of sp³-hybridized carbons (Fsp3) is 0.257. The van der Waals surface area contributed by atoms with Crippen molar-refractivity contribution >= 4 is 39.3 Å². The van der Waals surface area contributed by atoms with Gasteiger partial charge < -0.3 is 14.9 Å². The van der Waals surface area contributed by atoms with Crippen LogP contribution in [0.1, 0.15) is 28.7 Å². The van der Waals surface area contributed by atoms with Crippen LogP contribution in [-0.4, -0.2) is 79.5 Å². The minimum absolute atomic E-state index is 0.0515. The smallest absolute Gasteiger partial charge is 0.246 e. The number of aryl methyl sites for hydroxylation is 1.